The summed E-state index contributed by atoms with van der Waals surface area (Å²) >= 11 is 1.76. The van der Waals surface area contributed by atoms with E-state index >= 15 is 0 Å². The van der Waals surface area contributed by atoms with E-state index < -0.39 is 0 Å². The standard InChI is InChI=1S/C14H22N2S/c1-11(14-12(2)16-10-17-14)15-9-8-13-6-4-3-5-7-13/h6,10-11,15H,3-5,7-9H2,1-2H3. The van der Waals surface area contributed by atoms with E-state index in [0.717, 1.165) is 6.54 Å². The molecular weight excluding hydrogens is 228 g/mol. The Morgan fingerprint density at radius 3 is 3.00 bits per heavy atom. The Labute approximate surface area is 108 Å². The molecule has 1 aromatic heterocycles. The van der Waals surface area contributed by atoms with Gasteiger partial charge >= 0.3 is 0 Å². The van der Waals surface area contributed by atoms with Gasteiger partial charge in [0, 0.05) is 10.9 Å². The molecule has 1 N–H and O–H groups in total. The van der Waals surface area contributed by atoms with Gasteiger partial charge in [0.2, 0.25) is 0 Å². The van der Waals surface area contributed by atoms with Crippen LogP contribution in [0.25, 0.3) is 0 Å². The summed E-state index contributed by atoms with van der Waals surface area (Å²) in [6.45, 7) is 5.41. The molecule has 3 heteroatoms. The predicted octanol–water partition coefficient (Wildman–Crippen LogP) is 3.99. The number of rotatable bonds is 5. The first kappa shape index (κ1) is 12.8. The number of nitrogens with zero attached hydrogens (tertiary/aromatic N) is 1. The van der Waals surface area contributed by atoms with Gasteiger partial charge in [0.05, 0.1) is 11.2 Å². The van der Waals surface area contributed by atoms with Crippen molar-refractivity contribution in [1.82, 2.24) is 10.3 Å². The van der Waals surface area contributed by atoms with Gasteiger partial charge in [0.25, 0.3) is 0 Å². The number of aromatic nitrogens is 1. The van der Waals surface area contributed by atoms with Crippen LogP contribution in [0.15, 0.2) is 17.2 Å². The Morgan fingerprint density at radius 1 is 1.47 bits per heavy atom. The zero-order chi connectivity index (χ0) is 12.1. The lowest BCUT2D eigenvalue weighted by Gasteiger charge is -2.16. The van der Waals surface area contributed by atoms with Crippen LogP contribution in [0.2, 0.25) is 0 Å². The fourth-order valence-corrected chi connectivity index (χ4v) is 3.24. The Balaban J connectivity index is 1.75. The SMILES string of the molecule is Cc1ncsc1C(C)NCCC1=CCCCC1. The number of allylic oxidation sites excluding steroid dienone is 1. The molecule has 0 aromatic carbocycles. The summed E-state index contributed by atoms with van der Waals surface area (Å²) in [5, 5.41) is 3.60. The average Bonchev–Trinajstić information content (AvgIpc) is 2.77. The molecule has 0 saturated carbocycles. The summed E-state index contributed by atoms with van der Waals surface area (Å²) in [4.78, 5) is 5.68. The van der Waals surface area contributed by atoms with E-state index in [9.17, 15) is 0 Å². The maximum Gasteiger partial charge on any atom is 0.0798 e. The molecular formula is C14H22N2S. The van der Waals surface area contributed by atoms with E-state index in [1.54, 1.807) is 16.9 Å². The van der Waals surface area contributed by atoms with Crippen LogP contribution in [0.1, 0.15) is 55.6 Å². The van der Waals surface area contributed by atoms with E-state index in [4.69, 9.17) is 0 Å². The van der Waals surface area contributed by atoms with Crippen molar-refractivity contribution >= 4 is 11.3 Å². The molecule has 1 aliphatic rings. The van der Waals surface area contributed by atoms with Crippen LogP contribution in [0.3, 0.4) is 0 Å². The largest absolute Gasteiger partial charge is 0.309 e. The third-order valence-electron chi connectivity index (χ3n) is 3.46. The molecule has 1 heterocycles. The first-order valence-corrected chi connectivity index (χ1v) is 7.46. The summed E-state index contributed by atoms with van der Waals surface area (Å²) in [6.07, 6.45) is 9.02. The van der Waals surface area contributed by atoms with Crippen molar-refractivity contribution in [1.29, 1.82) is 0 Å². The normalized spacial score (nSPS) is 17.9. The molecule has 0 radical (unpaired) electrons. The monoisotopic (exact) mass is 250 g/mol. The van der Waals surface area contributed by atoms with Crippen molar-refractivity contribution in [2.75, 3.05) is 6.54 Å². The third kappa shape index (κ3) is 3.65. The Hall–Kier alpha value is -0.670. The minimum Gasteiger partial charge on any atom is -0.309 e. The van der Waals surface area contributed by atoms with Gasteiger partial charge in [-0.05, 0) is 52.5 Å². The van der Waals surface area contributed by atoms with Crippen LogP contribution in [0, 0.1) is 6.92 Å². The molecule has 1 aliphatic carbocycles. The van der Waals surface area contributed by atoms with Gasteiger partial charge in [-0.2, -0.15) is 0 Å². The molecule has 1 aromatic rings. The van der Waals surface area contributed by atoms with Gasteiger partial charge < -0.3 is 5.32 Å². The second-order valence-corrected chi connectivity index (χ2v) is 5.72. The smallest absolute Gasteiger partial charge is 0.0798 e. The maximum absolute atomic E-state index is 4.30. The minimum atomic E-state index is 0.437. The van der Waals surface area contributed by atoms with Gasteiger partial charge in [-0.3, -0.25) is 0 Å². The summed E-state index contributed by atoms with van der Waals surface area (Å²) in [5.74, 6) is 0. The van der Waals surface area contributed by atoms with Crippen LogP contribution in [-0.2, 0) is 0 Å². The quantitative estimate of drug-likeness (QED) is 0.799. The van der Waals surface area contributed by atoms with Crippen LogP contribution >= 0.6 is 11.3 Å². The second-order valence-electron chi connectivity index (χ2n) is 4.84. The molecule has 0 aliphatic heterocycles. The number of nitrogens with one attached hydrogen (secondary N) is 1. The van der Waals surface area contributed by atoms with E-state index in [2.05, 4.69) is 30.2 Å². The first-order chi connectivity index (χ1) is 8.27. The van der Waals surface area contributed by atoms with Gasteiger partial charge in [-0.25, -0.2) is 4.98 Å². The van der Waals surface area contributed by atoms with E-state index in [0.29, 0.717) is 6.04 Å². The average molecular weight is 250 g/mol. The van der Waals surface area contributed by atoms with E-state index in [-0.39, 0.29) is 0 Å². The van der Waals surface area contributed by atoms with Gasteiger partial charge in [-0.1, -0.05) is 11.6 Å². The lowest BCUT2D eigenvalue weighted by Crippen LogP contribution is -2.20. The van der Waals surface area contributed by atoms with Gasteiger partial charge in [0.15, 0.2) is 0 Å². The summed E-state index contributed by atoms with van der Waals surface area (Å²) < 4.78 is 0. The topological polar surface area (TPSA) is 24.9 Å². The van der Waals surface area contributed by atoms with Crippen LogP contribution in [0.5, 0.6) is 0 Å². The highest BCUT2D eigenvalue weighted by atomic mass is 32.1. The first-order valence-electron chi connectivity index (χ1n) is 6.58. The second kappa shape index (κ2) is 6.31. The van der Waals surface area contributed by atoms with Crippen molar-refractivity contribution < 1.29 is 0 Å². The Bertz CT molecular complexity index is 381. The maximum atomic E-state index is 4.30. The summed E-state index contributed by atoms with van der Waals surface area (Å²) in [6, 6.07) is 0.437. The lowest BCUT2D eigenvalue weighted by molar-refractivity contribution is 0.566. The molecule has 94 valence electrons. The zero-order valence-electron chi connectivity index (χ0n) is 10.8. The van der Waals surface area contributed by atoms with E-state index in [1.807, 2.05) is 5.51 Å². The van der Waals surface area contributed by atoms with Crippen molar-refractivity contribution in [2.24, 2.45) is 0 Å². The number of hydrogen-bond acceptors (Lipinski definition) is 3. The molecule has 1 atom stereocenters. The molecule has 17 heavy (non-hydrogen) atoms. The van der Waals surface area contributed by atoms with Crippen LogP contribution in [-0.4, -0.2) is 11.5 Å². The summed E-state index contributed by atoms with van der Waals surface area (Å²) in [5.41, 5.74) is 4.76. The fourth-order valence-electron chi connectivity index (χ4n) is 2.40. The predicted molar refractivity (Wildman–Crippen MR) is 74.4 cm³/mol. The summed E-state index contributed by atoms with van der Waals surface area (Å²) in [7, 11) is 0. The van der Waals surface area contributed by atoms with E-state index in [1.165, 1.54) is 42.7 Å². The Morgan fingerprint density at radius 2 is 2.35 bits per heavy atom. The van der Waals surface area contributed by atoms with Crippen LogP contribution < -0.4 is 5.32 Å². The number of hydrogen-bond donors (Lipinski definition) is 1. The Kier molecular flexibility index (Phi) is 4.75. The molecule has 0 spiro atoms. The highest BCUT2D eigenvalue weighted by molar-refractivity contribution is 7.09. The van der Waals surface area contributed by atoms with Crippen molar-refractivity contribution in [3.63, 3.8) is 0 Å². The van der Waals surface area contributed by atoms with Gasteiger partial charge in [-0.15, -0.1) is 11.3 Å². The number of aryl methyl sites for hydroxylation is 1. The minimum absolute atomic E-state index is 0.437. The van der Waals surface area contributed by atoms with Crippen molar-refractivity contribution in [3.05, 3.63) is 27.7 Å². The highest BCUT2D eigenvalue weighted by Crippen LogP contribution is 2.22. The fraction of sp³-hybridized carbons (Fsp3) is 0.643. The number of thiazole rings is 1. The molecule has 0 bridgehead atoms. The molecule has 0 amide bonds. The van der Waals surface area contributed by atoms with Crippen LogP contribution in [0.4, 0.5) is 0 Å². The lowest BCUT2D eigenvalue weighted by atomic mass is 9.97. The van der Waals surface area contributed by atoms with Crippen molar-refractivity contribution in [3.8, 4) is 0 Å². The highest BCUT2D eigenvalue weighted by Gasteiger charge is 2.10. The molecule has 0 saturated heterocycles. The van der Waals surface area contributed by atoms with Gasteiger partial charge in [0.1, 0.15) is 0 Å². The third-order valence-corrected chi connectivity index (χ3v) is 4.57. The molecule has 0 fully saturated rings. The molecule has 2 rings (SSSR count). The molecule has 1 unspecified atom stereocenters. The zero-order valence-corrected chi connectivity index (χ0v) is 11.6. The van der Waals surface area contributed by atoms with Crippen molar-refractivity contribution in [2.45, 2.75) is 52.0 Å². The molecule has 2 nitrogen and oxygen atoms in total.